The number of rotatable bonds is 4. The number of piperidine rings is 1. The van der Waals surface area contributed by atoms with Crippen LogP contribution < -0.4 is 10.6 Å². The highest BCUT2D eigenvalue weighted by Gasteiger charge is 2.32. The van der Waals surface area contributed by atoms with Gasteiger partial charge in [0.25, 0.3) is 0 Å². The van der Waals surface area contributed by atoms with Crippen molar-refractivity contribution in [3.8, 4) is 0 Å². The summed E-state index contributed by atoms with van der Waals surface area (Å²) in [7, 11) is 2.05. The van der Waals surface area contributed by atoms with Gasteiger partial charge in [-0.25, -0.2) is 0 Å². The third-order valence-electron chi connectivity index (χ3n) is 5.53. The lowest BCUT2D eigenvalue weighted by Crippen LogP contribution is -2.53. The van der Waals surface area contributed by atoms with E-state index < -0.39 is 0 Å². The molecule has 2 saturated heterocycles. The lowest BCUT2D eigenvalue weighted by atomic mass is 9.91. The predicted octanol–water partition coefficient (Wildman–Crippen LogP) is 1.81. The highest BCUT2D eigenvalue weighted by atomic mass is 35.5. The molecule has 0 spiro atoms. The summed E-state index contributed by atoms with van der Waals surface area (Å²) in [5, 5.41) is 8.39. The Kier molecular flexibility index (Phi) is 9.73. The van der Waals surface area contributed by atoms with Crippen LogP contribution in [-0.2, 0) is 9.53 Å². The van der Waals surface area contributed by atoms with E-state index in [4.69, 9.17) is 10.5 Å². The van der Waals surface area contributed by atoms with Crippen LogP contribution in [0.25, 0.3) is 0 Å². The zero-order chi connectivity index (χ0) is 17.8. The molecule has 2 aliphatic rings. The Bertz CT molecular complexity index is 576. The number of hydrogen-bond donors (Lipinski definition) is 1. The Morgan fingerprint density at radius 1 is 1.19 bits per heavy atom. The number of ether oxygens (including phenoxy) is 1. The van der Waals surface area contributed by atoms with E-state index in [2.05, 4.69) is 22.1 Å². The third kappa shape index (κ3) is 5.91. The number of aromatic nitrogens is 2. The van der Waals surface area contributed by atoms with Gasteiger partial charge in [0.15, 0.2) is 5.82 Å². The average molecular weight is 420 g/mol. The molecular formula is C18H31Cl2N5O2. The summed E-state index contributed by atoms with van der Waals surface area (Å²) in [5.41, 5.74) is 7.16. The van der Waals surface area contributed by atoms with E-state index in [1.165, 1.54) is 0 Å². The molecule has 1 amide bonds. The van der Waals surface area contributed by atoms with E-state index in [9.17, 15) is 4.79 Å². The van der Waals surface area contributed by atoms with Crippen LogP contribution in [0, 0.1) is 12.8 Å². The molecule has 7 nitrogen and oxygen atoms in total. The molecule has 9 heteroatoms. The van der Waals surface area contributed by atoms with Gasteiger partial charge in [-0.1, -0.05) is 0 Å². The van der Waals surface area contributed by atoms with Gasteiger partial charge < -0.3 is 20.3 Å². The van der Waals surface area contributed by atoms with Crippen LogP contribution in [0.5, 0.6) is 0 Å². The fraction of sp³-hybridized carbons (Fsp3) is 0.722. The van der Waals surface area contributed by atoms with Gasteiger partial charge >= 0.3 is 0 Å². The molecular weight excluding hydrogens is 389 g/mol. The van der Waals surface area contributed by atoms with E-state index in [1.54, 1.807) is 0 Å². The number of carbonyl (C=O) groups excluding carboxylic acids is 1. The van der Waals surface area contributed by atoms with Crippen molar-refractivity contribution in [2.75, 3.05) is 38.3 Å². The number of aryl methyl sites for hydroxylation is 1. The second-order valence-corrected chi connectivity index (χ2v) is 7.18. The highest BCUT2D eigenvalue weighted by molar-refractivity contribution is 5.85. The van der Waals surface area contributed by atoms with Crippen molar-refractivity contribution in [2.24, 2.45) is 11.7 Å². The molecule has 0 saturated carbocycles. The first-order chi connectivity index (χ1) is 12.1. The molecule has 3 rings (SSSR count). The first-order valence-corrected chi connectivity index (χ1v) is 9.21. The number of nitrogens with zero attached hydrogens (tertiary/aromatic N) is 4. The number of nitrogens with two attached hydrogens (primary N) is 1. The predicted molar refractivity (Wildman–Crippen MR) is 111 cm³/mol. The van der Waals surface area contributed by atoms with E-state index in [1.807, 2.05) is 24.0 Å². The first kappa shape index (κ1) is 23.9. The van der Waals surface area contributed by atoms with Gasteiger partial charge in [-0.2, -0.15) is 5.10 Å². The van der Waals surface area contributed by atoms with E-state index in [-0.39, 0.29) is 42.7 Å². The topological polar surface area (TPSA) is 84.6 Å². The molecule has 154 valence electrons. The molecule has 1 aromatic heterocycles. The summed E-state index contributed by atoms with van der Waals surface area (Å²) in [5.74, 6) is 1.24. The van der Waals surface area contributed by atoms with Gasteiger partial charge in [0, 0.05) is 39.4 Å². The molecule has 2 N–H and O–H groups in total. The molecule has 0 radical (unpaired) electrons. The van der Waals surface area contributed by atoms with E-state index in [0.29, 0.717) is 6.04 Å². The minimum atomic E-state index is -0.388. The van der Waals surface area contributed by atoms with Gasteiger partial charge in [0.2, 0.25) is 5.91 Å². The lowest BCUT2D eigenvalue weighted by molar-refractivity contribution is -0.135. The smallest absolute Gasteiger partial charge is 0.239 e. The van der Waals surface area contributed by atoms with E-state index >= 15 is 0 Å². The molecule has 27 heavy (non-hydrogen) atoms. The van der Waals surface area contributed by atoms with Crippen LogP contribution in [0.4, 0.5) is 5.82 Å². The van der Waals surface area contributed by atoms with Crippen molar-refractivity contribution in [2.45, 2.75) is 44.7 Å². The number of anilines is 1. The number of halogens is 2. The molecule has 0 aliphatic carbocycles. The second-order valence-electron chi connectivity index (χ2n) is 7.18. The van der Waals surface area contributed by atoms with Crippen LogP contribution in [0.2, 0.25) is 0 Å². The summed E-state index contributed by atoms with van der Waals surface area (Å²) in [6, 6.07) is 3.97. The minimum Gasteiger partial charge on any atom is -0.381 e. The molecule has 2 aliphatic heterocycles. The Hall–Kier alpha value is -1.15. The maximum atomic E-state index is 12.7. The van der Waals surface area contributed by atoms with Crippen LogP contribution >= 0.6 is 24.8 Å². The molecule has 0 bridgehead atoms. The van der Waals surface area contributed by atoms with Gasteiger partial charge in [-0.05, 0) is 50.7 Å². The first-order valence-electron chi connectivity index (χ1n) is 9.21. The normalized spacial score (nSPS) is 19.6. The van der Waals surface area contributed by atoms with Gasteiger partial charge in [0.1, 0.15) is 0 Å². The van der Waals surface area contributed by atoms with Crippen molar-refractivity contribution in [3.05, 3.63) is 17.8 Å². The maximum Gasteiger partial charge on any atom is 0.239 e. The van der Waals surface area contributed by atoms with Crippen LogP contribution in [0.3, 0.4) is 0 Å². The van der Waals surface area contributed by atoms with Crippen LogP contribution in [0.15, 0.2) is 12.1 Å². The SMILES string of the molecule is Cc1ccc(N(C)C2CCN(C(=O)C(N)C3CCOCC3)CC2)nn1.Cl.Cl. The Balaban J connectivity index is 0.00000182. The summed E-state index contributed by atoms with van der Waals surface area (Å²) in [6.07, 6.45) is 3.63. The molecule has 0 aromatic carbocycles. The van der Waals surface area contributed by atoms with Gasteiger partial charge in [0.05, 0.1) is 11.7 Å². The largest absolute Gasteiger partial charge is 0.381 e. The van der Waals surface area contributed by atoms with Crippen LogP contribution in [-0.4, -0.2) is 66.4 Å². The fourth-order valence-electron chi connectivity index (χ4n) is 3.73. The molecule has 1 aromatic rings. The van der Waals surface area contributed by atoms with Gasteiger partial charge in [-0.3, -0.25) is 4.79 Å². The molecule has 2 fully saturated rings. The summed E-state index contributed by atoms with van der Waals surface area (Å²) in [6.45, 7) is 4.88. The fourth-order valence-corrected chi connectivity index (χ4v) is 3.73. The minimum absolute atomic E-state index is 0. The summed E-state index contributed by atoms with van der Waals surface area (Å²) >= 11 is 0. The maximum absolute atomic E-state index is 12.7. The van der Waals surface area contributed by atoms with Crippen molar-refractivity contribution in [1.29, 1.82) is 0 Å². The lowest BCUT2D eigenvalue weighted by Gasteiger charge is -2.39. The quantitative estimate of drug-likeness (QED) is 0.800. The summed E-state index contributed by atoms with van der Waals surface area (Å²) in [4.78, 5) is 16.8. The van der Waals surface area contributed by atoms with Crippen LogP contribution in [0.1, 0.15) is 31.4 Å². The zero-order valence-electron chi connectivity index (χ0n) is 16.0. The summed E-state index contributed by atoms with van der Waals surface area (Å²) < 4.78 is 5.37. The number of amides is 1. The number of likely N-dealkylation sites (tertiary alicyclic amines) is 1. The Morgan fingerprint density at radius 3 is 2.37 bits per heavy atom. The van der Waals surface area contributed by atoms with Crippen molar-refractivity contribution < 1.29 is 9.53 Å². The average Bonchev–Trinajstić information content (AvgIpc) is 2.67. The molecule has 1 atom stereocenters. The number of carbonyl (C=O) groups is 1. The third-order valence-corrected chi connectivity index (χ3v) is 5.53. The zero-order valence-corrected chi connectivity index (χ0v) is 17.7. The van der Waals surface area contributed by atoms with Crippen molar-refractivity contribution in [3.63, 3.8) is 0 Å². The van der Waals surface area contributed by atoms with Gasteiger partial charge in [-0.15, -0.1) is 29.9 Å². The highest BCUT2D eigenvalue weighted by Crippen LogP contribution is 2.23. The monoisotopic (exact) mass is 419 g/mol. The van der Waals surface area contributed by atoms with E-state index in [0.717, 1.165) is 63.5 Å². The molecule has 3 heterocycles. The number of hydrogen-bond acceptors (Lipinski definition) is 6. The second kappa shape index (κ2) is 11.0. The van der Waals surface area contributed by atoms with Crippen molar-refractivity contribution in [1.82, 2.24) is 15.1 Å². The Morgan fingerprint density at radius 2 is 1.81 bits per heavy atom. The van der Waals surface area contributed by atoms with Crippen molar-refractivity contribution >= 4 is 36.5 Å². The standard InChI is InChI=1S/C18H29N5O2.2ClH/c1-13-3-4-16(21-20-13)22(2)15-5-9-23(10-6-15)18(24)17(19)14-7-11-25-12-8-14;;/h3-4,14-15,17H,5-12,19H2,1-2H3;2*1H. The molecule has 1 unspecified atom stereocenters. The Labute approximate surface area is 173 Å².